The van der Waals surface area contributed by atoms with Gasteiger partial charge in [0.2, 0.25) is 0 Å². The van der Waals surface area contributed by atoms with Gasteiger partial charge in [0, 0.05) is 19.5 Å². The summed E-state index contributed by atoms with van der Waals surface area (Å²) >= 11 is 0. The lowest BCUT2D eigenvalue weighted by atomic mass is 10.1. The first kappa shape index (κ1) is 12.3. The zero-order valence-electron chi connectivity index (χ0n) is 10.4. The number of hydrogen-bond acceptors (Lipinski definition) is 3. The van der Waals surface area contributed by atoms with E-state index < -0.39 is 0 Å². The molecule has 0 aromatic heterocycles. The smallest absolute Gasteiger partial charge is 0.255 e. The van der Waals surface area contributed by atoms with Crippen molar-refractivity contribution in [2.75, 3.05) is 25.0 Å². The van der Waals surface area contributed by atoms with E-state index in [4.69, 9.17) is 4.74 Å². The summed E-state index contributed by atoms with van der Waals surface area (Å²) in [6.07, 6.45) is 0.663. The van der Waals surface area contributed by atoms with Crippen LogP contribution in [-0.2, 0) is 0 Å². The fourth-order valence-corrected chi connectivity index (χ4v) is 1.81. The zero-order chi connectivity index (χ0) is 12.8. The average Bonchev–Trinajstić information content (AvgIpc) is 2.43. The van der Waals surface area contributed by atoms with E-state index in [2.05, 4.69) is 22.5 Å². The average molecular weight is 244 g/mol. The Morgan fingerprint density at radius 2 is 2.44 bits per heavy atom. The molecule has 1 aromatic rings. The van der Waals surface area contributed by atoms with Crippen LogP contribution in [0.1, 0.15) is 23.7 Å². The van der Waals surface area contributed by atoms with Crippen molar-refractivity contribution in [3.8, 4) is 17.6 Å². The van der Waals surface area contributed by atoms with Crippen molar-refractivity contribution in [2.45, 2.75) is 13.3 Å². The predicted octanol–water partition coefficient (Wildman–Crippen LogP) is 1.63. The normalized spacial score (nSPS) is 12.3. The third kappa shape index (κ3) is 2.75. The van der Waals surface area contributed by atoms with Gasteiger partial charge < -0.3 is 15.4 Å². The van der Waals surface area contributed by atoms with Gasteiger partial charge in [0.1, 0.15) is 6.61 Å². The molecule has 1 heterocycles. The maximum atomic E-state index is 12.0. The lowest BCUT2D eigenvalue weighted by Crippen LogP contribution is -2.27. The molecule has 0 saturated carbocycles. The van der Waals surface area contributed by atoms with Crippen LogP contribution >= 0.6 is 0 Å². The van der Waals surface area contributed by atoms with Crippen LogP contribution in [0.4, 0.5) is 5.69 Å². The fourth-order valence-electron chi connectivity index (χ4n) is 1.81. The van der Waals surface area contributed by atoms with Crippen molar-refractivity contribution in [3.05, 3.63) is 23.8 Å². The van der Waals surface area contributed by atoms with Gasteiger partial charge in [-0.3, -0.25) is 4.79 Å². The van der Waals surface area contributed by atoms with Gasteiger partial charge in [0.05, 0.1) is 11.3 Å². The molecule has 1 aliphatic heterocycles. The Balaban J connectivity index is 2.07. The zero-order valence-corrected chi connectivity index (χ0v) is 10.4. The minimum absolute atomic E-state index is 0.117. The molecule has 4 nitrogen and oxygen atoms in total. The molecule has 0 atom stereocenters. The molecule has 2 N–H and O–H groups in total. The van der Waals surface area contributed by atoms with E-state index in [1.165, 1.54) is 0 Å². The second kappa shape index (κ2) is 5.97. The number of carbonyl (C=O) groups is 1. The van der Waals surface area contributed by atoms with Gasteiger partial charge in [-0.15, -0.1) is 11.8 Å². The molecule has 2 rings (SSSR count). The van der Waals surface area contributed by atoms with E-state index in [-0.39, 0.29) is 5.91 Å². The van der Waals surface area contributed by atoms with Crippen LogP contribution in [0.25, 0.3) is 0 Å². The maximum absolute atomic E-state index is 12.0. The van der Waals surface area contributed by atoms with Crippen LogP contribution in [0, 0.1) is 11.8 Å². The first-order chi connectivity index (χ1) is 8.83. The largest absolute Gasteiger partial charge is 0.489 e. The molecule has 0 spiro atoms. The van der Waals surface area contributed by atoms with Gasteiger partial charge in [-0.2, -0.15) is 0 Å². The van der Waals surface area contributed by atoms with E-state index in [1.807, 2.05) is 12.1 Å². The van der Waals surface area contributed by atoms with Gasteiger partial charge in [-0.05, 0) is 19.1 Å². The van der Waals surface area contributed by atoms with Gasteiger partial charge in [-0.1, -0.05) is 6.07 Å². The highest BCUT2D eigenvalue weighted by Crippen LogP contribution is 2.30. The van der Waals surface area contributed by atoms with Crippen LogP contribution in [0.3, 0.4) is 0 Å². The lowest BCUT2D eigenvalue weighted by molar-refractivity contribution is 0.0950. The molecule has 94 valence electrons. The minimum Gasteiger partial charge on any atom is -0.489 e. The first-order valence-electron chi connectivity index (χ1n) is 6.00. The number of anilines is 1. The lowest BCUT2D eigenvalue weighted by Gasteiger charge is -2.21. The number of para-hydroxylation sites is 1. The molecular formula is C14H16N2O2. The maximum Gasteiger partial charge on any atom is 0.255 e. The molecule has 0 aliphatic carbocycles. The molecule has 0 saturated heterocycles. The number of amides is 1. The summed E-state index contributed by atoms with van der Waals surface area (Å²) in [5.74, 6) is 6.23. The Morgan fingerprint density at radius 3 is 3.28 bits per heavy atom. The summed E-state index contributed by atoms with van der Waals surface area (Å²) in [6.45, 7) is 3.69. The second-order valence-electron chi connectivity index (χ2n) is 3.89. The summed E-state index contributed by atoms with van der Waals surface area (Å²) in [7, 11) is 0. The second-order valence-corrected chi connectivity index (χ2v) is 3.89. The van der Waals surface area contributed by atoms with E-state index in [1.54, 1.807) is 13.0 Å². The minimum atomic E-state index is -0.117. The number of hydrogen-bond donors (Lipinski definition) is 2. The predicted molar refractivity (Wildman–Crippen MR) is 70.8 cm³/mol. The van der Waals surface area contributed by atoms with Crippen LogP contribution < -0.4 is 15.4 Å². The number of carbonyl (C=O) groups excluding carboxylic acids is 1. The Hall–Kier alpha value is -2.15. The van der Waals surface area contributed by atoms with Gasteiger partial charge in [0.15, 0.2) is 5.75 Å². The van der Waals surface area contributed by atoms with Gasteiger partial charge >= 0.3 is 0 Å². The SMILES string of the molecule is CC#CCCNC(=O)c1cccc2c1OCCN2. The molecule has 0 unspecified atom stereocenters. The molecule has 1 aromatic carbocycles. The molecule has 1 aliphatic rings. The van der Waals surface area contributed by atoms with Crippen LogP contribution in [-0.4, -0.2) is 25.6 Å². The molecule has 18 heavy (non-hydrogen) atoms. The number of nitrogens with one attached hydrogen (secondary N) is 2. The van der Waals surface area contributed by atoms with Crippen molar-refractivity contribution in [2.24, 2.45) is 0 Å². The topological polar surface area (TPSA) is 50.4 Å². The highest BCUT2D eigenvalue weighted by atomic mass is 16.5. The number of rotatable bonds is 3. The van der Waals surface area contributed by atoms with E-state index in [0.29, 0.717) is 30.9 Å². The van der Waals surface area contributed by atoms with Crippen molar-refractivity contribution < 1.29 is 9.53 Å². The monoisotopic (exact) mass is 244 g/mol. The van der Waals surface area contributed by atoms with Crippen LogP contribution in [0.15, 0.2) is 18.2 Å². The van der Waals surface area contributed by atoms with Crippen molar-refractivity contribution in [1.82, 2.24) is 5.32 Å². The van der Waals surface area contributed by atoms with E-state index >= 15 is 0 Å². The quantitative estimate of drug-likeness (QED) is 0.627. The van der Waals surface area contributed by atoms with E-state index in [0.717, 1.165) is 12.2 Å². The molecule has 0 bridgehead atoms. The highest BCUT2D eigenvalue weighted by molar-refractivity contribution is 5.98. The summed E-state index contributed by atoms with van der Waals surface area (Å²) < 4.78 is 5.55. The number of ether oxygens (including phenoxy) is 1. The summed E-state index contributed by atoms with van der Waals surface area (Å²) in [6, 6.07) is 5.53. The Kier molecular flexibility index (Phi) is 4.08. The molecule has 0 fully saturated rings. The Morgan fingerprint density at radius 1 is 1.56 bits per heavy atom. The standard InChI is InChI=1S/C14H16N2O2/c1-2-3-4-8-16-14(17)11-6-5-7-12-13(11)18-10-9-15-12/h5-7,15H,4,8-10H2,1H3,(H,16,17). The fraction of sp³-hybridized carbons (Fsp3) is 0.357. The number of benzene rings is 1. The third-order valence-corrected chi connectivity index (χ3v) is 2.64. The molecule has 0 radical (unpaired) electrons. The van der Waals surface area contributed by atoms with Crippen LogP contribution in [0.5, 0.6) is 5.75 Å². The number of fused-ring (bicyclic) bond motifs is 1. The Labute approximate surface area is 107 Å². The van der Waals surface area contributed by atoms with Crippen molar-refractivity contribution in [3.63, 3.8) is 0 Å². The van der Waals surface area contributed by atoms with Crippen molar-refractivity contribution in [1.29, 1.82) is 0 Å². The molecule has 1 amide bonds. The van der Waals surface area contributed by atoms with E-state index in [9.17, 15) is 4.79 Å². The van der Waals surface area contributed by atoms with Gasteiger partial charge in [-0.25, -0.2) is 0 Å². The molecular weight excluding hydrogens is 228 g/mol. The first-order valence-corrected chi connectivity index (χ1v) is 6.00. The third-order valence-electron chi connectivity index (χ3n) is 2.64. The Bertz CT molecular complexity index is 500. The van der Waals surface area contributed by atoms with Crippen LogP contribution in [0.2, 0.25) is 0 Å². The summed E-state index contributed by atoms with van der Waals surface area (Å²) in [5, 5.41) is 6.04. The summed E-state index contributed by atoms with van der Waals surface area (Å²) in [4.78, 5) is 12.0. The van der Waals surface area contributed by atoms with Gasteiger partial charge in [0.25, 0.3) is 5.91 Å². The highest BCUT2D eigenvalue weighted by Gasteiger charge is 2.18. The molecule has 4 heteroatoms. The van der Waals surface area contributed by atoms with Crippen molar-refractivity contribution >= 4 is 11.6 Å². The summed E-state index contributed by atoms with van der Waals surface area (Å²) in [5.41, 5.74) is 1.45.